The van der Waals surface area contributed by atoms with Gasteiger partial charge in [0, 0.05) is 21.5 Å². The number of aromatic nitrogens is 1. The highest BCUT2D eigenvalue weighted by atomic mass is 32.2. The number of nitrogens with zero attached hydrogens (tertiary/aromatic N) is 2. The average molecular weight is 539 g/mol. The molecule has 1 amide bonds. The third-order valence-corrected chi connectivity index (χ3v) is 8.96. The van der Waals surface area contributed by atoms with Crippen molar-refractivity contribution in [3.8, 4) is 22.8 Å². The lowest BCUT2D eigenvalue weighted by molar-refractivity contribution is -0.118. The number of hydrogen-bond acceptors (Lipinski definition) is 7. The van der Waals surface area contributed by atoms with Crippen LogP contribution >= 0.6 is 0 Å². The third kappa shape index (κ3) is 4.99. The first-order valence-electron chi connectivity index (χ1n) is 12.9. The Kier molecular flexibility index (Phi) is 6.55. The van der Waals surface area contributed by atoms with Crippen LogP contribution in [0.3, 0.4) is 0 Å². The van der Waals surface area contributed by atoms with Gasteiger partial charge in [-0.25, -0.2) is 18.1 Å². The summed E-state index contributed by atoms with van der Waals surface area (Å²) in [6, 6.07) is 17.7. The fourth-order valence-electron chi connectivity index (χ4n) is 5.10. The molecule has 2 aliphatic heterocycles. The van der Waals surface area contributed by atoms with Crippen LogP contribution < -0.4 is 19.5 Å². The van der Waals surface area contributed by atoms with E-state index in [2.05, 4.69) is 19.9 Å². The van der Waals surface area contributed by atoms with Crippen molar-refractivity contribution in [3.05, 3.63) is 66.2 Å². The molecule has 2 N–H and O–H groups in total. The molecule has 0 radical (unpaired) electrons. The van der Waals surface area contributed by atoms with E-state index in [9.17, 15) is 13.2 Å². The van der Waals surface area contributed by atoms with Gasteiger partial charge in [-0.2, -0.15) is 0 Å². The smallest absolute Gasteiger partial charge is 0.240 e. The van der Waals surface area contributed by atoms with Crippen LogP contribution in [0.5, 0.6) is 11.5 Å². The summed E-state index contributed by atoms with van der Waals surface area (Å²) < 4.78 is 39.0. The minimum atomic E-state index is -3.59. The molecule has 38 heavy (non-hydrogen) atoms. The van der Waals surface area contributed by atoms with E-state index in [1.807, 2.05) is 30.3 Å². The van der Waals surface area contributed by atoms with Gasteiger partial charge in [-0.15, -0.1) is 0 Å². The molecule has 0 atom stereocenters. The van der Waals surface area contributed by atoms with Crippen molar-refractivity contribution in [2.45, 2.75) is 36.0 Å². The first-order valence-corrected chi connectivity index (χ1v) is 14.4. The molecule has 0 unspecified atom stereocenters. The maximum absolute atomic E-state index is 13.3. The van der Waals surface area contributed by atoms with E-state index in [1.165, 1.54) is 12.8 Å². The number of sulfonamides is 1. The molecule has 202 valence electrons. The van der Waals surface area contributed by atoms with Crippen LogP contribution in [0.15, 0.2) is 65.6 Å². The molecule has 0 bridgehead atoms. The van der Waals surface area contributed by atoms with Crippen LogP contribution in [0, 0.1) is 0 Å². The van der Waals surface area contributed by atoms with Crippen molar-refractivity contribution in [3.63, 3.8) is 0 Å². The van der Waals surface area contributed by atoms with Crippen LogP contribution in [0.25, 0.3) is 11.3 Å². The van der Waals surface area contributed by atoms with Gasteiger partial charge < -0.3 is 19.7 Å². The summed E-state index contributed by atoms with van der Waals surface area (Å²) in [5, 5.41) is 2.97. The predicted molar refractivity (Wildman–Crippen MR) is 147 cm³/mol. The van der Waals surface area contributed by atoms with E-state index < -0.39 is 15.4 Å². The first-order chi connectivity index (χ1) is 18.4. The summed E-state index contributed by atoms with van der Waals surface area (Å²) in [6.45, 7) is 3.36. The lowest BCUT2D eigenvalue weighted by Gasteiger charge is -2.16. The van der Waals surface area contributed by atoms with Gasteiger partial charge in [0.25, 0.3) is 0 Å². The number of fused-ring (bicyclic) bond motifs is 1. The number of amides is 1. The molecule has 9 nitrogen and oxygen atoms in total. The summed E-state index contributed by atoms with van der Waals surface area (Å²) >= 11 is 0. The molecule has 1 aromatic heterocycles. The number of carbonyl (C=O) groups is 1. The Morgan fingerprint density at radius 3 is 2.53 bits per heavy atom. The molecule has 2 aromatic carbocycles. The van der Waals surface area contributed by atoms with Gasteiger partial charge in [0.05, 0.1) is 16.0 Å². The topological polar surface area (TPSA) is 110 Å². The molecule has 3 heterocycles. The van der Waals surface area contributed by atoms with E-state index in [4.69, 9.17) is 9.47 Å². The zero-order valence-electron chi connectivity index (χ0n) is 21.0. The second kappa shape index (κ2) is 10.0. The zero-order valence-corrected chi connectivity index (χ0v) is 21.8. The lowest BCUT2D eigenvalue weighted by Crippen LogP contribution is -2.33. The Morgan fingerprint density at radius 2 is 1.76 bits per heavy atom. The summed E-state index contributed by atoms with van der Waals surface area (Å²) in [5.74, 6) is 1.69. The van der Waals surface area contributed by atoms with E-state index in [0.29, 0.717) is 29.6 Å². The Bertz CT molecular complexity index is 1460. The molecule has 1 saturated carbocycles. The summed E-state index contributed by atoms with van der Waals surface area (Å²) in [5.41, 5.74) is 1.70. The minimum absolute atomic E-state index is 0. The number of benzene rings is 2. The second-order valence-electron chi connectivity index (χ2n) is 9.98. The van der Waals surface area contributed by atoms with Crippen molar-refractivity contribution in [2.75, 3.05) is 38.3 Å². The molecule has 1 saturated heterocycles. The largest absolute Gasteiger partial charge is 0.454 e. The Morgan fingerprint density at radius 1 is 1.00 bits per heavy atom. The van der Waals surface area contributed by atoms with E-state index in [-0.39, 0.29) is 20.4 Å². The zero-order chi connectivity index (χ0) is 26.2. The van der Waals surface area contributed by atoms with Crippen molar-refractivity contribution in [2.24, 2.45) is 0 Å². The molecule has 2 fully saturated rings. The van der Waals surface area contributed by atoms with Crippen LogP contribution in [0.4, 0.5) is 5.82 Å². The van der Waals surface area contributed by atoms with E-state index >= 15 is 0 Å². The highest BCUT2D eigenvalue weighted by Crippen LogP contribution is 2.51. The van der Waals surface area contributed by atoms with E-state index in [0.717, 1.165) is 43.6 Å². The number of ether oxygens (including phenoxy) is 2. The molecule has 1 aliphatic carbocycles. The maximum Gasteiger partial charge on any atom is 0.240 e. The normalized spacial score (nSPS) is 17.9. The number of anilines is 1. The molecular formula is C28H34N4O5S. The van der Waals surface area contributed by atoms with Gasteiger partial charge in [-0.05, 0) is 80.7 Å². The molecule has 3 aromatic rings. The van der Waals surface area contributed by atoms with Gasteiger partial charge in [0.2, 0.25) is 22.7 Å². The van der Waals surface area contributed by atoms with Gasteiger partial charge in [0.1, 0.15) is 5.82 Å². The number of likely N-dealkylation sites (tertiary alicyclic amines) is 1. The molecule has 0 spiro atoms. The van der Waals surface area contributed by atoms with Gasteiger partial charge >= 0.3 is 0 Å². The molecule has 3 aliphatic rings. The first kappa shape index (κ1) is 24.8. The van der Waals surface area contributed by atoms with Crippen molar-refractivity contribution in [1.29, 1.82) is 0 Å². The molecule has 10 heteroatoms. The SMILES string of the molecule is O=C(Nc1cccc(-c2ccc(S(=O)(=O)NCCN3CCCC3)cc2)n1)C1(c2ccc3c(c2)OCO3)CC1.[HH].[HH]. The number of pyridine rings is 1. The Hall–Kier alpha value is -3.47. The van der Waals surface area contributed by atoms with Crippen LogP contribution in [-0.4, -0.2) is 57.2 Å². The van der Waals surface area contributed by atoms with Crippen molar-refractivity contribution < 1.29 is 25.5 Å². The van der Waals surface area contributed by atoms with Crippen molar-refractivity contribution >= 4 is 21.7 Å². The second-order valence-corrected chi connectivity index (χ2v) is 11.8. The standard InChI is InChI=1S/C28H30N4O5S.2H2/c33-27(28(12-13-28)21-8-11-24-25(18-21)37-19-36-24)31-26-5-3-4-23(30-26)20-6-9-22(10-7-20)38(34,35)29-14-17-32-15-1-2-16-32;;/h3-11,18,29H,1-2,12-17,19H2,(H,30,31,33);2*1H. The summed E-state index contributed by atoms with van der Waals surface area (Å²) in [7, 11) is -3.59. The predicted octanol–water partition coefficient (Wildman–Crippen LogP) is 4.01. The fourth-order valence-corrected chi connectivity index (χ4v) is 6.12. The number of carbonyl (C=O) groups excluding carboxylic acids is 1. The highest BCUT2D eigenvalue weighted by Gasteiger charge is 2.51. The van der Waals surface area contributed by atoms with Gasteiger partial charge in [0.15, 0.2) is 11.5 Å². The molecule has 6 rings (SSSR count). The maximum atomic E-state index is 13.3. The Balaban J connectivity index is 0.00000185. The molecular weight excluding hydrogens is 504 g/mol. The highest BCUT2D eigenvalue weighted by molar-refractivity contribution is 7.89. The Labute approximate surface area is 225 Å². The van der Waals surface area contributed by atoms with Crippen LogP contribution in [0.2, 0.25) is 0 Å². The number of hydrogen-bond donors (Lipinski definition) is 2. The van der Waals surface area contributed by atoms with E-state index in [1.54, 1.807) is 30.3 Å². The monoisotopic (exact) mass is 538 g/mol. The summed E-state index contributed by atoms with van der Waals surface area (Å²) in [6.07, 6.45) is 3.85. The average Bonchev–Trinajstić information content (AvgIpc) is 3.33. The lowest BCUT2D eigenvalue weighted by atomic mass is 9.94. The summed E-state index contributed by atoms with van der Waals surface area (Å²) in [4.78, 5) is 20.4. The quantitative estimate of drug-likeness (QED) is 0.424. The number of rotatable bonds is 9. The third-order valence-electron chi connectivity index (χ3n) is 7.48. The van der Waals surface area contributed by atoms with Crippen LogP contribution in [-0.2, 0) is 20.2 Å². The van der Waals surface area contributed by atoms with Crippen LogP contribution in [0.1, 0.15) is 34.1 Å². The van der Waals surface area contributed by atoms with Crippen molar-refractivity contribution in [1.82, 2.24) is 14.6 Å². The number of nitrogens with one attached hydrogen (secondary N) is 2. The fraction of sp³-hybridized carbons (Fsp3) is 0.357. The minimum Gasteiger partial charge on any atom is -0.454 e. The van der Waals surface area contributed by atoms with Gasteiger partial charge in [-0.1, -0.05) is 24.3 Å². The van der Waals surface area contributed by atoms with Gasteiger partial charge in [-0.3, -0.25) is 4.79 Å².